The summed E-state index contributed by atoms with van der Waals surface area (Å²) < 4.78 is 0. The van der Waals surface area contributed by atoms with Crippen LogP contribution < -0.4 is 0 Å². The number of unbranched alkanes of at least 4 members (excludes halogenated alkanes) is 5. The van der Waals surface area contributed by atoms with Gasteiger partial charge in [-0.1, -0.05) is 118 Å². The lowest BCUT2D eigenvalue weighted by molar-refractivity contribution is -0.123. The van der Waals surface area contributed by atoms with Crippen molar-refractivity contribution in [2.75, 3.05) is 0 Å². The SMILES string of the molecule is CCCCCCCC(CC(CC)CCCC)C(=O)CCc1cc(-n2nc3ccccc3n2)c(O)c(C(C)(C)C)c1. The summed E-state index contributed by atoms with van der Waals surface area (Å²) in [5.41, 5.74) is 3.79. The number of benzene rings is 2. The molecule has 5 nitrogen and oxygen atoms in total. The first-order valence-electron chi connectivity index (χ1n) is 15.9. The van der Waals surface area contributed by atoms with E-state index in [-0.39, 0.29) is 17.1 Å². The molecule has 1 aromatic heterocycles. The molecule has 1 heterocycles. The van der Waals surface area contributed by atoms with E-state index in [1.54, 1.807) is 4.80 Å². The van der Waals surface area contributed by atoms with Crippen molar-refractivity contribution in [2.24, 2.45) is 11.8 Å². The van der Waals surface area contributed by atoms with Crippen molar-refractivity contribution < 1.29 is 9.90 Å². The van der Waals surface area contributed by atoms with Crippen molar-refractivity contribution in [1.29, 1.82) is 0 Å². The van der Waals surface area contributed by atoms with Crippen LogP contribution in [0.3, 0.4) is 0 Å². The number of Topliss-reactive ketones (excluding diaryl/α,β-unsaturated/α-hetero) is 1. The van der Waals surface area contributed by atoms with Crippen LogP contribution in [-0.2, 0) is 16.6 Å². The average molecular weight is 548 g/mol. The number of ketones is 1. The van der Waals surface area contributed by atoms with Gasteiger partial charge in [0.1, 0.15) is 28.3 Å². The van der Waals surface area contributed by atoms with Gasteiger partial charge in [-0.25, -0.2) is 0 Å². The number of nitrogens with zero attached hydrogens (tertiary/aromatic N) is 3. The maximum absolute atomic E-state index is 13.7. The molecule has 0 saturated carbocycles. The third kappa shape index (κ3) is 8.91. The molecule has 5 heteroatoms. The monoisotopic (exact) mass is 547 g/mol. The Morgan fingerprint density at radius 2 is 1.55 bits per heavy atom. The zero-order chi connectivity index (χ0) is 29.1. The van der Waals surface area contributed by atoms with E-state index in [0.717, 1.165) is 47.8 Å². The van der Waals surface area contributed by atoms with Gasteiger partial charge in [-0.3, -0.25) is 4.79 Å². The molecule has 0 aliphatic carbocycles. The van der Waals surface area contributed by atoms with E-state index in [0.29, 0.717) is 30.2 Å². The molecule has 3 rings (SSSR count). The van der Waals surface area contributed by atoms with Gasteiger partial charge in [0, 0.05) is 17.9 Å². The Hall–Kier alpha value is -2.69. The van der Waals surface area contributed by atoms with E-state index < -0.39 is 0 Å². The fourth-order valence-corrected chi connectivity index (χ4v) is 5.77. The van der Waals surface area contributed by atoms with E-state index >= 15 is 0 Å². The molecule has 0 aliphatic rings. The largest absolute Gasteiger partial charge is 0.505 e. The maximum atomic E-state index is 13.7. The van der Waals surface area contributed by atoms with Crippen LogP contribution >= 0.6 is 0 Å². The van der Waals surface area contributed by atoms with Crippen molar-refractivity contribution in [1.82, 2.24) is 15.0 Å². The summed E-state index contributed by atoms with van der Waals surface area (Å²) in [6, 6.07) is 11.8. The number of hydrogen-bond acceptors (Lipinski definition) is 4. The molecule has 0 bridgehead atoms. The Morgan fingerprint density at radius 3 is 2.15 bits per heavy atom. The number of phenols is 1. The Morgan fingerprint density at radius 1 is 0.900 bits per heavy atom. The first-order valence-corrected chi connectivity index (χ1v) is 15.9. The molecule has 3 aromatic rings. The second kappa shape index (κ2) is 15.3. The number of aryl methyl sites for hydroxylation is 1. The van der Waals surface area contributed by atoms with E-state index in [9.17, 15) is 9.90 Å². The second-order valence-corrected chi connectivity index (χ2v) is 12.8. The molecule has 40 heavy (non-hydrogen) atoms. The Bertz CT molecular complexity index is 1170. The van der Waals surface area contributed by atoms with Gasteiger partial charge in [0.15, 0.2) is 0 Å². The first-order chi connectivity index (χ1) is 19.2. The minimum absolute atomic E-state index is 0.153. The Kier molecular flexibility index (Phi) is 12.2. The quantitative estimate of drug-likeness (QED) is 0.171. The third-order valence-electron chi connectivity index (χ3n) is 8.39. The molecule has 2 aromatic carbocycles. The van der Waals surface area contributed by atoms with E-state index in [1.807, 2.05) is 30.3 Å². The lowest BCUT2D eigenvalue weighted by Crippen LogP contribution is -2.20. The number of phenolic OH excluding ortho intramolecular Hbond substituents is 1. The molecule has 0 radical (unpaired) electrons. The standard InChI is InChI=1S/C35H53N3O2/c1-7-10-12-13-14-18-28(23-26(9-3)17-11-8-2)33(39)22-21-27-24-29(35(4,5)6)34(40)32(25-27)38-36-30-19-15-16-20-31(30)37-38/h15-16,19-20,24-26,28,40H,7-14,17-18,21-23H2,1-6H3. The summed E-state index contributed by atoms with van der Waals surface area (Å²) in [6.45, 7) is 13.1. The normalized spacial score (nSPS) is 13.6. The topological polar surface area (TPSA) is 68.0 Å². The number of carbonyl (C=O) groups is 1. The van der Waals surface area contributed by atoms with Crippen molar-refractivity contribution in [3.8, 4) is 11.4 Å². The molecule has 0 fully saturated rings. The van der Waals surface area contributed by atoms with Crippen molar-refractivity contribution >= 4 is 16.8 Å². The fourth-order valence-electron chi connectivity index (χ4n) is 5.77. The van der Waals surface area contributed by atoms with Crippen molar-refractivity contribution in [2.45, 2.75) is 130 Å². The Balaban J connectivity index is 1.82. The van der Waals surface area contributed by atoms with Crippen LogP contribution in [0.15, 0.2) is 36.4 Å². The predicted molar refractivity (Wildman–Crippen MR) is 167 cm³/mol. The van der Waals surface area contributed by atoms with Crippen LogP contribution in [0.4, 0.5) is 0 Å². The van der Waals surface area contributed by atoms with Gasteiger partial charge in [-0.05, 0) is 54.4 Å². The number of rotatable bonds is 17. The number of hydrogen-bond donors (Lipinski definition) is 1. The van der Waals surface area contributed by atoms with Crippen LogP contribution in [0.2, 0.25) is 0 Å². The van der Waals surface area contributed by atoms with Gasteiger partial charge >= 0.3 is 0 Å². The lowest BCUT2D eigenvalue weighted by Gasteiger charge is -2.24. The zero-order valence-corrected chi connectivity index (χ0v) is 26.0. The maximum Gasteiger partial charge on any atom is 0.146 e. The number of aromatic nitrogens is 3. The predicted octanol–water partition coefficient (Wildman–Crippen LogP) is 9.51. The van der Waals surface area contributed by atoms with E-state index in [4.69, 9.17) is 0 Å². The highest BCUT2D eigenvalue weighted by molar-refractivity contribution is 5.81. The highest BCUT2D eigenvalue weighted by Gasteiger charge is 2.25. The second-order valence-electron chi connectivity index (χ2n) is 12.8. The third-order valence-corrected chi connectivity index (χ3v) is 8.39. The summed E-state index contributed by atoms with van der Waals surface area (Å²) in [7, 11) is 0. The van der Waals surface area contributed by atoms with Crippen LogP contribution in [0.25, 0.3) is 16.7 Å². The van der Waals surface area contributed by atoms with Crippen LogP contribution in [0, 0.1) is 11.8 Å². The minimum atomic E-state index is -0.264. The molecule has 2 unspecified atom stereocenters. The molecular weight excluding hydrogens is 494 g/mol. The highest BCUT2D eigenvalue weighted by Crippen LogP contribution is 2.37. The number of fused-ring (bicyclic) bond motifs is 1. The van der Waals surface area contributed by atoms with E-state index in [2.05, 4.69) is 57.8 Å². The minimum Gasteiger partial charge on any atom is -0.505 e. The fraction of sp³-hybridized carbons (Fsp3) is 0.629. The first kappa shape index (κ1) is 31.8. The molecule has 1 N–H and O–H groups in total. The summed E-state index contributed by atoms with van der Waals surface area (Å²) in [5, 5.41) is 20.5. The van der Waals surface area contributed by atoms with Crippen LogP contribution in [0.1, 0.15) is 130 Å². The smallest absolute Gasteiger partial charge is 0.146 e. The van der Waals surface area contributed by atoms with Crippen molar-refractivity contribution in [3.05, 3.63) is 47.5 Å². The summed E-state index contributed by atoms with van der Waals surface area (Å²) >= 11 is 0. The van der Waals surface area contributed by atoms with Gasteiger partial charge < -0.3 is 5.11 Å². The summed E-state index contributed by atoms with van der Waals surface area (Å²) in [4.78, 5) is 15.2. The van der Waals surface area contributed by atoms with E-state index in [1.165, 1.54) is 44.9 Å². The summed E-state index contributed by atoms with van der Waals surface area (Å²) in [6.07, 6.45) is 14.3. The zero-order valence-electron chi connectivity index (χ0n) is 26.0. The highest BCUT2D eigenvalue weighted by atomic mass is 16.3. The molecule has 2 atom stereocenters. The number of carbonyl (C=O) groups excluding carboxylic acids is 1. The van der Waals surface area contributed by atoms with Gasteiger partial charge in [-0.15, -0.1) is 15.0 Å². The van der Waals surface area contributed by atoms with Gasteiger partial charge in [0.05, 0.1) is 0 Å². The molecule has 0 spiro atoms. The van der Waals surface area contributed by atoms with Gasteiger partial charge in [0.25, 0.3) is 0 Å². The van der Waals surface area contributed by atoms with Crippen molar-refractivity contribution in [3.63, 3.8) is 0 Å². The lowest BCUT2D eigenvalue weighted by atomic mass is 9.81. The van der Waals surface area contributed by atoms with Gasteiger partial charge in [-0.2, -0.15) is 0 Å². The molecule has 0 amide bonds. The molecule has 0 aliphatic heterocycles. The molecule has 0 saturated heterocycles. The average Bonchev–Trinajstić information content (AvgIpc) is 3.36. The van der Waals surface area contributed by atoms with Crippen LogP contribution in [-0.4, -0.2) is 25.9 Å². The van der Waals surface area contributed by atoms with Gasteiger partial charge in [0.2, 0.25) is 0 Å². The number of aromatic hydroxyl groups is 1. The Labute approximate surface area is 242 Å². The molecular formula is C35H53N3O2. The summed E-state index contributed by atoms with van der Waals surface area (Å²) in [5.74, 6) is 1.40. The van der Waals surface area contributed by atoms with Crippen LogP contribution in [0.5, 0.6) is 5.75 Å². The molecule has 220 valence electrons.